The molecule has 102 valence electrons. The molecule has 1 aliphatic carbocycles. The van der Waals surface area contributed by atoms with Gasteiger partial charge in [-0.3, -0.25) is 4.79 Å². The van der Waals surface area contributed by atoms with E-state index in [2.05, 4.69) is 17.0 Å². The summed E-state index contributed by atoms with van der Waals surface area (Å²) in [5.74, 6) is 1.04. The predicted molar refractivity (Wildman–Crippen MR) is 78.8 cm³/mol. The first-order valence-corrected chi connectivity index (χ1v) is 7.64. The van der Waals surface area contributed by atoms with Crippen LogP contribution in [-0.4, -0.2) is 18.4 Å². The maximum absolute atomic E-state index is 11.8. The first-order chi connectivity index (χ1) is 9.27. The van der Waals surface area contributed by atoms with Crippen LogP contribution in [0.5, 0.6) is 0 Å². The normalized spacial score (nSPS) is 24.1. The molecule has 0 radical (unpaired) electrons. The van der Waals surface area contributed by atoms with Gasteiger partial charge in [0.15, 0.2) is 5.78 Å². The average molecular weight is 257 g/mol. The first-order valence-electron chi connectivity index (χ1n) is 7.64. The maximum Gasteiger partial charge on any atom is 0.161 e. The Bertz CT molecular complexity index is 462. The molecule has 1 unspecified atom stereocenters. The Balaban J connectivity index is 1.90. The van der Waals surface area contributed by atoms with E-state index < -0.39 is 0 Å². The summed E-state index contributed by atoms with van der Waals surface area (Å²) in [4.78, 5) is 14.3. The molecule has 2 fully saturated rings. The van der Waals surface area contributed by atoms with Crippen LogP contribution in [-0.2, 0) is 0 Å². The van der Waals surface area contributed by atoms with Gasteiger partial charge in [-0.05, 0) is 50.7 Å². The van der Waals surface area contributed by atoms with E-state index in [0.717, 1.165) is 18.0 Å². The number of carbonyl (C=O) groups is 1. The Morgan fingerprint density at radius 3 is 2.58 bits per heavy atom. The van der Waals surface area contributed by atoms with Crippen molar-refractivity contribution in [3.05, 3.63) is 29.8 Å². The lowest BCUT2D eigenvalue weighted by atomic mass is 9.95. The minimum atomic E-state index is 0.188. The molecule has 0 spiro atoms. The summed E-state index contributed by atoms with van der Waals surface area (Å²) in [6.45, 7) is 2.80. The lowest BCUT2D eigenvalue weighted by Crippen LogP contribution is -2.35. The van der Waals surface area contributed by atoms with Crippen LogP contribution in [0.1, 0.15) is 55.8 Å². The zero-order chi connectivity index (χ0) is 13.2. The van der Waals surface area contributed by atoms with E-state index in [1.807, 2.05) is 12.1 Å². The van der Waals surface area contributed by atoms with Gasteiger partial charge in [0.05, 0.1) is 0 Å². The number of benzene rings is 1. The van der Waals surface area contributed by atoms with Crippen LogP contribution in [0.25, 0.3) is 0 Å². The van der Waals surface area contributed by atoms with E-state index in [4.69, 9.17) is 0 Å². The van der Waals surface area contributed by atoms with E-state index in [-0.39, 0.29) is 5.78 Å². The van der Waals surface area contributed by atoms with Crippen molar-refractivity contribution < 1.29 is 4.79 Å². The fraction of sp³-hybridized carbons (Fsp3) is 0.588. The molecular formula is C17H23NO. The summed E-state index contributed by atoms with van der Waals surface area (Å²) >= 11 is 0. The Morgan fingerprint density at radius 1 is 1.11 bits per heavy atom. The topological polar surface area (TPSA) is 20.3 Å². The number of nitrogens with zero attached hydrogens (tertiary/aromatic N) is 1. The highest BCUT2D eigenvalue weighted by molar-refractivity contribution is 5.99. The summed E-state index contributed by atoms with van der Waals surface area (Å²) in [5, 5.41) is 0. The molecule has 2 heteroatoms. The number of ketones is 1. The van der Waals surface area contributed by atoms with Gasteiger partial charge >= 0.3 is 0 Å². The summed E-state index contributed by atoms with van der Waals surface area (Å²) in [6.07, 6.45) is 8.11. The minimum Gasteiger partial charge on any atom is -0.368 e. The van der Waals surface area contributed by atoms with E-state index >= 15 is 0 Å². The zero-order valence-corrected chi connectivity index (χ0v) is 11.8. The highest BCUT2D eigenvalue weighted by Gasteiger charge is 2.34. The number of para-hydroxylation sites is 1. The third-order valence-corrected chi connectivity index (χ3v) is 4.84. The molecule has 1 aromatic carbocycles. The highest BCUT2D eigenvalue weighted by Crippen LogP contribution is 2.38. The molecular weight excluding hydrogens is 234 g/mol. The van der Waals surface area contributed by atoms with Crippen molar-refractivity contribution in [1.29, 1.82) is 0 Å². The van der Waals surface area contributed by atoms with Crippen molar-refractivity contribution in [2.24, 2.45) is 5.92 Å². The number of carbonyl (C=O) groups excluding carboxylic acids is 1. The van der Waals surface area contributed by atoms with Crippen molar-refractivity contribution in [3.63, 3.8) is 0 Å². The van der Waals surface area contributed by atoms with Crippen LogP contribution in [0.4, 0.5) is 5.69 Å². The molecule has 3 rings (SSSR count). The molecule has 0 bridgehead atoms. The van der Waals surface area contributed by atoms with Crippen LogP contribution in [0.15, 0.2) is 24.3 Å². The standard InChI is InChI=1S/C17H23NO/c1-13(19)15-9-4-5-10-17(15)18-12-6-11-16(18)14-7-2-3-8-14/h4-5,9-10,14,16H,2-3,6-8,11-12H2,1H3. The van der Waals surface area contributed by atoms with Crippen molar-refractivity contribution in [3.8, 4) is 0 Å². The number of hydrogen-bond donors (Lipinski definition) is 0. The molecule has 1 saturated carbocycles. The quantitative estimate of drug-likeness (QED) is 0.761. The first kappa shape index (κ1) is 12.7. The van der Waals surface area contributed by atoms with Crippen molar-refractivity contribution in [2.75, 3.05) is 11.4 Å². The Hall–Kier alpha value is -1.31. The Morgan fingerprint density at radius 2 is 1.84 bits per heavy atom. The third kappa shape index (κ3) is 2.41. The molecule has 1 aromatic rings. The SMILES string of the molecule is CC(=O)c1ccccc1N1CCCC1C1CCCC1. The second-order valence-corrected chi connectivity index (χ2v) is 6.02. The van der Waals surface area contributed by atoms with Crippen LogP contribution in [0.3, 0.4) is 0 Å². The maximum atomic E-state index is 11.8. The monoisotopic (exact) mass is 257 g/mol. The van der Waals surface area contributed by atoms with Gasteiger partial charge in [-0.1, -0.05) is 25.0 Å². The minimum absolute atomic E-state index is 0.188. The number of anilines is 1. The van der Waals surface area contributed by atoms with Gasteiger partial charge in [-0.25, -0.2) is 0 Å². The van der Waals surface area contributed by atoms with E-state index in [1.54, 1.807) is 6.92 Å². The Labute approximate surface area is 115 Å². The molecule has 1 aliphatic heterocycles. The van der Waals surface area contributed by atoms with E-state index in [1.165, 1.54) is 44.2 Å². The summed E-state index contributed by atoms with van der Waals surface area (Å²) < 4.78 is 0. The molecule has 1 atom stereocenters. The lowest BCUT2D eigenvalue weighted by Gasteiger charge is -2.32. The molecule has 2 nitrogen and oxygen atoms in total. The van der Waals surface area contributed by atoms with Gasteiger partial charge in [0.25, 0.3) is 0 Å². The largest absolute Gasteiger partial charge is 0.368 e. The average Bonchev–Trinajstić information content (AvgIpc) is 3.09. The molecule has 1 saturated heterocycles. The zero-order valence-electron chi connectivity index (χ0n) is 11.8. The van der Waals surface area contributed by atoms with Crippen LogP contribution < -0.4 is 4.90 Å². The number of rotatable bonds is 3. The van der Waals surface area contributed by atoms with Crippen molar-refractivity contribution >= 4 is 11.5 Å². The van der Waals surface area contributed by atoms with Crippen LogP contribution in [0.2, 0.25) is 0 Å². The molecule has 0 aromatic heterocycles. The highest BCUT2D eigenvalue weighted by atomic mass is 16.1. The summed E-state index contributed by atoms with van der Waals surface area (Å²) in [6, 6.07) is 8.81. The van der Waals surface area contributed by atoms with Crippen molar-refractivity contribution in [2.45, 2.75) is 51.5 Å². The molecule has 2 aliphatic rings. The Kier molecular flexibility index (Phi) is 3.58. The van der Waals surface area contributed by atoms with Crippen LogP contribution >= 0.6 is 0 Å². The van der Waals surface area contributed by atoms with E-state index in [9.17, 15) is 4.79 Å². The van der Waals surface area contributed by atoms with Crippen molar-refractivity contribution in [1.82, 2.24) is 0 Å². The molecule has 0 N–H and O–H groups in total. The van der Waals surface area contributed by atoms with E-state index in [0.29, 0.717) is 6.04 Å². The van der Waals surface area contributed by atoms with Gasteiger partial charge in [0.2, 0.25) is 0 Å². The lowest BCUT2D eigenvalue weighted by molar-refractivity contribution is 0.101. The van der Waals surface area contributed by atoms with Crippen LogP contribution in [0, 0.1) is 5.92 Å². The molecule has 1 heterocycles. The third-order valence-electron chi connectivity index (χ3n) is 4.84. The smallest absolute Gasteiger partial charge is 0.161 e. The fourth-order valence-electron chi connectivity index (χ4n) is 3.95. The second-order valence-electron chi connectivity index (χ2n) is 6.02. The van der Waals surface area contributed by atoms with Gasteiger partial charge in [0, 0.05) is 23.8 Å². The summed E-state index contributed by atoms with van der Waals surface area (Å²) in [5.41, 5.74) is 2.07. The number of hydrogen-bond acceptors (Lipinski definition) is 2. The second kappa shape index (κ2) is 5.36. The van der Waals surface area contributed by atoms with Gasteiger partial charge < -0.3 is 4.90 Å². The molecule has 19 heavy (non-hydrogen) atoms. The summed E-state index contributed by atoms with van der Waals surface area (Å²) in [7, 11) is 0. The predicted octanol–water partition coefficient (Wildman–Crippen LogP) is 4.05. The fourth-order valence-corrected chi connectivity index (χ4v) is 3.95. The number of Topliss-reactive ketones (excluding diaryl/α,β-unsaturated/α-hetero) is 1. The van der Waals surface area contributed by atoms with Gasteiger partial charge in [-0.15, -0.1) is 0 Å². The van der Waals surface area contributed by atoms with Gasteiger partial charge in [-0.2, -0.15) is 0 Å². The molecule has 0 amide bonds. The van der Waals surface area contributed by atoms with Gasteiger partial charge in [0.1, 0.15) is 0 Å².